The van der Waals surface area contributed by atoms with Crippen LogP contribution in [0.4, 0.5) is 0 Å². The zero-order valence-electron chi connectivity index (χ0n) is 15.2. The van der Waals surface area contributed by atoms with E-state index < -0.39 is 0 Å². The van der Waals surface area contributed by atoms with Crippen LogP contribution in [0.15, 0.2) is 47.4 Å². The minimum absolute atomic E-state index is 0.0721. The van der Waals surface area contributed by atoms with Crippen molar-refractivity contribution in [2.24, 2.45) is 7.05 Å². The Kier molecular flexibility index (Phi) is 4.15. The number of benzene rings is 1. The van der Waals surface area contributed by atoms with Crippen LogP contribution in [0.1, 0.15) is 11.5 Å². The fourth-order valence-electron chi connectivity index (χ4n) is 2.89. The van der Waals surface area contributed by atoms with Crippen molar-refractivity contribution in [2.75, 3.05) is 7.11 Å². The number of oxazole rings is 1. The van der Waals surface area contributed by atoms with Crippen LogP contribution in [0.25, 0.3) is 23.1 Å². The molecule has 4 aromatic rings. The zero-order chi connectivity index (χ0) is 19.0. The first-order chi connectivity index (χ1) is 13.1. The van der Waals surface area contributed by atoms with Crippen LogP contribution in [0, 0.1) is 6.92 Å². The zero-order valence-corrected chi connectivity index (χ0v) is 15.2. The largest absolute Gasteiger partial charge is 0.504 e. The summed E-state index contributed by atoms with van der Waals surface area (Å²) in [5, 5.41) is 9.76. The number of hydrogen-bond donors (Lipinski definition) is 1. The standard InChI is InChI=1S/C19H19N5O3/c1-12-14(11-24-9-7-21-18(24)17-20-6-8-23(17)2)22-19(27-12)13-4-5-15(25)16(10-13)26-3/h4-10,25H,11H2,1-3H3. The third-order valence-electron chi connectivity index (χ3n) is 4.38. The number of phenolic OH excluding ortho intramolecular Hbond substituents is 1. The maximum absolute atomic E-state index is 9.76. The normalized spacial score (nSPS) is 11.1. The number of aryl methyl sites for hydroxylation is 2. The lowest BCUT2D eigenvalue weighted by atomic mass is 10.2. The van der Waals surface area contributed by atoms with Gasteiger partial charge in [-0.2, -0.15) is 0 Å². The van der Waals surface area contributed by atoms with Crippen molar-refractivity contribution < 1.29 is 14.3 Å². The summed E-state index contributed by atoms with van der Waals surface area (Å²) in [5.74, 6) is 3.18. The van der Waals surface area contributed by atoms with E-state index in [0.29, 0.717) is 18.2 Å². The van der Waals surface area contributed by atoms with Gasteiger partial charge < -0.3 is 23.4 Å². The summed E-state index contributed by atoms with van der Waals surface area (Å²) in [6.07, 6.45) is 7.25. The molecule has 138 valence electrons. The molecular formula is C19H19N5O3. The molecule has 1 aromatic carbocycles. The van der Waals surface area contributed by atoms with E-state index in [0.717, 1.165) is 28.7 Å². The Bertz CT molecular complexity index is 1090. The molecule has 0 radical (unpaired) electrons. The van der Waals surface area contributed by atoms with Gasteiger partial charge in [0.05, 0.1) is 13.7 Å². The van der Waals surface area contributed by atoms with Crippen LogP contribution >= 0.6 is 0 Å². The molecule has 4 rings (SSSR count). The highest BCUT2D eigenvalue weighted by atomic mass is 16.5. The van der Waals surface area contributed by atoms with E-state index >= 15 is 0 Å². The number of methoxy groups -OCH3 is 1. The first-order valence-corrected chi connectivity index (χ1v) is 8.39. The van der Waals surface area contributed by atoms with Crippen molar-refractivity contribution in [1.29, 1.82) is 0 Å². The molecule has 8 heteroatoms. The van der Waals surface area contributed by atoms with E-state index in [4.69, 9.17) is 9.15 Å². The average Bonchev–Trinajstić information content (AvgIpc) is 3.37. The molecule has 0 unspecified atom stereocenters. The van der Waals surface area contributed by atoms with E-state index in [9.17, 15) is 5.11 Å². The molecule has 8 nitrogen and oxygen atoms in total. The molecule has 0 amide bonds. The fraction of sp³-hybridized carbons (Fsp3) is 0.211. The number of imidazole rings is 2. The number of aromatic hydroxyl groups is 1. The van der Waals surface area contributed by atoms with Crippen LogP contribution in [-0.4, -0.2) is 36.3 Å². The van der Waals surface area contributed by atoms with Gasteiger partial charge in [0.2, 0.25) is 5.89 Å². The summed E-state index contributed by atoms with van der Waals surface area (Å²) in [6, 6.07) is 4.99. The predicted molar refractivity (Wildman–Crippen MR) is 98.4 cm³/mol. The first kappa shape index (κ1) is 16.9. The van der Waals surface area contributed by atoms with Gasteiger partial charge >= 0.3 is 0 Å². The predicted octanol–water partition coefficient (Wildman–Crippen LogP) is 3.01. The monoisotopic (exact) mass is 365 g/mol. The molecule has 0 aliphatic rings. The molecule has 0 atom stereocenters. The summed E-state index contributed by atoms with van der Waals surface area (Å²) in [4.78, 5) is 13.4. The van der Waals surface area contributed by atoms with Gasteiger partial charge in [0.25, 0.3) is 0 Å². The van der Waals surface area contributed by atoms with E-state index in [1.54, 1.807) is 30.6 Å². The molecule has 27 heavy (non-hydrogen) atoms. The Labute approximate surface area is 155 Å². The highest BCUT2D eigenvalue weighted by molar-refractivity contribution is 5.60. The third kappa shape index (κ3) is 3.05. The quantitative estimate of drug-likeness (QED) is 0.585. The maximum atomic E-state index is 9.76. The van der Waals surface area contributed by atoms with Gasteiger partial charge in [0.15, 0.2) is 23.1 Å². The highest BCUT2D eigenvalue weighted by Crippen LogP contribution is 2.32. The van der Waals surface area contributed by atoms with Crippen molar-refractivity contribution in [3.8, 4) is 34.6 Å². The SMILES string of the molecule is COc1cc(-c2nc(Cn3ccnc3-c3nccn3C)c(C)o2)ccc1O. The van der Waals surface area contributed by atoms with Gasteiger partial charge in [-0.25, -0.2) is 15.0 Å². The van der Waals surface area contributed by atoms with E-state index in [-0.39, 0.29) is 5.75 Å². The van der Waals surface area contributed by atoms with Crippen molar-refractivity contribution in [3.63, 3.8) is 0 Å². The first-order valence-electron chi connectivity index (χ1n) is 8.39. The molecule has 0 spiro atoms. The number of aromatic nitrogens is 5. The molecule has 0 fully saturated rings. The molecular weight excluding hydrogens is 346 g/mol. The highest BCUT2D eigenvalue weighted by Gasteiger charge is 2.16. The van der Waals surface area contributed by atoms with Crippen LogP contribution in [0.2, 0.25) is 0 Å². The minimum atomic E-state index is 0.0721. The Morgan fingerprint density at radius 3 is 2.67 bits per heavy atom. The summed E-state index contributed by atoms with van der Waals surface area (Å²) in [6.45, 7) is 2.38. The lowest BCUT2D eigenvalue weighted by Crippen LogP contribution is -2.05. The van der Waals surface area contributed by atoms with E-state index in [1.165, 1.54) is 7.11 Å². The van der Waals surface area contributed by atoms with Gasteiger partial charge in [-0.3, -0.25) is 0 Å². The van der Waals surface area contributed by atoms with Gasteiger partial charge in [0, 0.05) is 37.4 Å². The molecule has 0 saturated heterocycles. The van der Waals surface area contributed by atoms with Crippen LogP contribution < -0.4 is 4.74 Å². The summed E-state index contributed by atoms with van der Waals surface area (Å²) in [5.41, 5.74) is 1.53. The summed E-state index contributed by atoms with van der Waals surface area (Å²) in [7, 11) is 3.43. The van der Waals surface area contributed by atoms with Crippen LogP contribution in [-0.2, 0) is 13.6 Å². The van der Waals surface area contributed by atoms with Gasteiger partial charge in [-0.1, -0.05) is 0 Å². The number of phenols is 1. The molecule has 3 aromatic heterocycles. The van der Waals surface area contributed by atoms with Crippen LogP contribution in [0.5, 0.6) is 11.5 Å². The lowest BCUT2D eigenvalue weighted by molar-refractivity contribution is 0.373. The van der Waals surface area contributed by atoms with Crippen molar-refractivity contribution in [3.05, 3.63) is 54.4 Å². The summed E-state index contributed by atoms with van der Waals surface area (Å²) >= 11 is 0. The second-order valence-electron chi connectivity index (χ2n) is 6.15. The Hall–Kier alpha value is -3.55. The Balaban J connectivity index is 1.66. The van der Waals surface area contributed by atoms with Crippen LogP contribution in [0.3, 0.4) is 0 Å². The average molecular weight is 365 g/mol. The molecule has 0 saturated carbocycles. The second kappa shape index (κ2) is 6.64. The third-order valence-corrected chi connectivity index (χ3v) is 4.38. The molecule has 0 bridgehead atoms. The topological polar surface area (TPSA) is 91.1 Å². The Morgan fingerprint density at radius 2 is 1.93 bits per heavy atom. The number of rotatable bonds is 5. The number of hydrogen-bond acceptors (Lipinski definition) is 6. The number of ether oxygens (including phenoxy) is 1. The van der Waals surface area contributed by atoms with E-state index in [1.807, 2.05) is 35.5 Å². The molecule has 0 aliphatic carbocycles. The molecule has 0 aliphatic heterocycles. The Morgan fingerprint density at radius 1 is 1.15 bits per heavy atom. The smallest absolute Gasteiger partial charge is 0.226 e. The number of nitrogens with zero attached hydrogens (tertiary/aromatic N) is 5. The van der Waals surface area contributed by atoms with Crippen molar-refractivity contribution in [2.45, 2.75) is 13.5 Å². The van der Waals surface area contributed by atoms with Crippen molar-refractivity contribution >= 4 is 0 Å². The molecule has 1 N–H and O–H groups in total. The summed E-state index contributed by atoms with van der Waals surface area (Å²) < 4.78 is 14.9. The van der Waals surface area contributed by atoms with E-state index in [2.05, 4.69) is 15.0 Å². The minimum Gasteiger partial charge on any atom is -0.504 e. The van der Waals surface area contributed by atoms with Gasteiger partial charge in [0.1, 0.15) is 11.5 Å². The maximum Gasteiger partial charge on any atom is 0.226 e. The van der Waals surface area contributed by atoms with Gasteiger partial charge in [-0.05, 0) is 25.1 Å². The van der Waals surface area contributed by atoms with Gasteiger partial charge in [-0.15, -0.1) is 0 Å². The fourth-order valence-corrected chi connectivity index (χ4v) is 2.89. The molecule has 3 heterocycles. The van der Waals surface area contributed by atoms with Crippen molar-refractivity contribution in [1.82, 2.24) is 24.1 Å². The lowest BCUT2D eigenvalue weighted by Gasteiger charge is -2.06. The second-order valence-corrected chi connectivity index (χ2v) is 6.15.